The van der Waals surface area contributed by atoms with Gasteiger partial charge in [0, 0.05) is 12.7 Å². The molecule has 1 aliphatic rings. The summed E-state index contributed by atoms with van der Waals surface area (Å²) in [6, 6.07) is 3.71. The Hall–Kier alpha value is -1.16. The molecular weight excluding hydrogens is 244 g/mol. The van der Waals surface area contributed by atoms with Gasteiger partial charge in [0.1, 0.15) is 4.83 Å². The quantitative estimate of drug-likeness (QED) is 0.849. The standard InChI is InChI=1S/C14H18N2OS/c17-14-12-7-4-9-15-13(12)18-16(14)10-8-11-5-2-1-3-6-11/h4,7,9,11H,1-3,5-6,8,10H2. The van der Waals surface area contributed by atoms with Crippen molar-refractivity contribution in [3.63, 3.8) is 0 Å². The fourth-order valence-electron chi connectivity index (χ4n) is 2.83. The van der Waals surface area contributed by atoms with E-state index in [2.05, 4.69) is 4.98 Å². The number of hydrogen-bond acceptors (Lipinski definition) is 3. The zero-order valence-corrected chi connectivity index (χ0v) is 11.3. The van der Waals surface area contributed by atoms with E-state index in [4.69, 9.17) is 0 Å². The average molecular weight is 262 g/mol. The van der Waals surface area contributed by atoms with Crippen LogP contribution >= 0.6 is 11.5 Å². The molecule has 18 heavy (non-hydrogen) atoms. The molecule has 0 saturated heterocycles. The van der Waals surface area contributed by atoms with E-state index in [0.29, 0.717) is 0 Å². The molecule has 0 atom stereocenters. The van der Waals surface area contributed by atoms with Crippen LogP contribution in [0.1, 0.15) is 38.5 Å². The largest absolute Gasteiger partial charge is 0.270 e. The van der Waals surface area contributed by atoms with E-state index in [1.807, 2.05) is 16.1 Å². The minimum Gasteiger partial charge on any atom is -0.268 e. The zero-order valence-electron chi connectivity index (χ0n) is 10.5. The molecule has 1 saturated carbocycles. The Morgan fingerprint density at radius 3 is 2.94 bits per heavy atom. The molecule has 3 nitrogen and oxygen atoms in total. The highest BCUT2D eigenvalue weighted by Gasteiger charge is 2.14. The third kappa shape index (κ3) is 2.34. The average Bonchev–Trinajstić information content (AvgIpc) is 2.75. The summed E-state index contributed by atoms with van der Waals surface area (Å²) in [7, 11) is 0. The van der Waals surface area contributed by atoms with Crippen molar-refractivity contribution < 1.29 is 0 Å². The molecule has 0 bridgehead atoms. The number of nitrogens with zero attached hydrogens (tertiary/aromatic N) is 2. The number of pyridine rings is 1. The van der Waals surface area contributed by atoms with Gasteiger partial charge in [0.25, 0.3) is 5.56 Å². The first-order valence-electron chi connectivity index (χ1n) is 6.79. The normalized spacial score (nSPS) is 17.3. The van der Waals surface area contributed by atoms with Gasteiger partial charge in [-0.3, -0.25) is 8.75 Å². The second-order valence-electron chi connectivity index (χ2n) is 5.15. The van der Waals surface area contributed by atoms with Crippen LogP contribution in [-0.4, -0.2) is 8.94 Å². The molecule has 1 fully saturated rings. The Kier molecular flexibility index (Phi) is 3.46. The van der Waals surface area contributed by atoms with Crippen molar-refractivity contribution in [3.8, 4) is 0 Å². The molecule has 0 radical (unpaired) electrons. The number of aromatic nitrogens is 2. The van der Waals surface area contributed by atoms with Gasteiger partial charge in [0.05, 0.1) is 5.39 Å². The van der Waals surface area contributed by atoms with E-state index >= 15 is 0 Å². The Morgan fingerprint density at radius 1 is 1.33 bits per heavy atom. The van der Waals surface area contributed by atoms with E-state index in [1.165, 1.54) is 43.6 Å². The van der Waals surface area contributed by atoms with Crippen molar-refractivity contribution in [1.29, 1.82) is 0 Å². The van der Waals surface area contributed by atoms with E-state index < -0.39 is 0 Å². The lowest BCUT2D eigenvalue weighted by Crippen LogP contribution is -2.16. The highest BCUT2D eigenvalue weighted by atomic mass is 32.1. The smallest absolute Gasteiger partial charge is 0.268 e. The first kappa shape index (κ1) is 11.9. The lowest BCUT2D eigenvalue weighted by molar-refractivity contribution is 0.326. The van der Waals surface area contributed by atoms with Gasteiger partial charge in [-0.15, -0.1) is 0 Å². The number of fused-ring (bicyclic) bond motifs is 1. The maximum atomic E-state index is 12.1. The van der Waals surface area contributed by atoms with E-state index in [-0.39, 0.29) is 5.56 Å². The minimum absolute atomic E-state index is 0.138. The summed E-state index contributed by atoms with van der Waals surface area (Å²) in [6.45, 7) is 0.866. The molecule has 0 aliphatic heterocycles. The van der Waals surface area contributed by atoms with Gasteiger partial charge < -0.3 is 0 Å². The van der Waals surface area contributed by atoms with Crippen LogP contribution < -0.4 is 5.56 Å². The molecule has 4 heteroatoms. The Balaban J connectivity index is 1.74. The topological polar surface area (TPSA) is 34.9 Å². The van der Waals surface area contributed by atoms with Crippen molar-refractivity contribution in [2.45, 2.75) is 45.1 Å². The third-order valence-corrected chi connectivity index (χ3v) is 4.96. The Morgan fingerprint density at radius 2 is 2.17 bits per heavy atom. The Labute approximate surface area is 111 Å². The second-order valence-corrected chi connectivity index (χ2v) is 6.16. The first-order chi connectivity index (χ1) is 8.84. The highest BCUT2D eigenvalue weighted by Crippen LogP contribution is 2.27. The maximum absolute atomic E-state index is 12.1. The molecule has 0 N–H and O–H groups in total. The van der Waals surface area contributed by atoms with Gasteiger partial charge in [0.2, 0.25) is 0 Å². The molecular formula is C14H18N2OS. The van der Waals surface area contributed by atoms with Crippen LogP contribution in [-0.2, 0) is 6.54 Å². The van der Waals surface area contributed by atoms with Crippen LogP contribution in [0.2, 0.25) is 0 Å². The minimum atomic E-state index is 0.138. The molecule has 96 valence electrons. The van der Waals surface area contributed by atoms with Crippen molar-refractivity contribution >= 4 is 21.7 Å². The van der Waals surface area contributed by atoms with Gasteiger partial charge in [-0.2, -0.15) is 0 Å². The summed E-state index contributed by atoms with van der Waals surface area (Å²) in [5.41, 5.74) is 0.138. The second kappa shape index (κ2) is 5.22. The van der Waals surface area contributed by atoms with Gasteiger partial charge >= 0.3 is 0 Å². The zero-order chi connectivity index (χ0) is 12.4. The molecule has 0 amide bonds. The van der Waals surface area contributed by atoms with E-state index in [9.17, 15) is 4.79 Å². The molecule has 1 aliphatic carbocycles. The van der Waals surface area contributed by atoms with Crippen molar-refractivity contribution in [2.75, 3.05) is 0 Å². The molecule has 2 aromatic heterocycles. The van der Waals surface area contributed by atoms with Gasteiger partial charge in [0.15, 0.2) is 0 Å². The van der Waals surface area contributed by atoms with Crippen molar-refractivity contribution in [2.24, 2.45) is 5.92 Å². The number of hydrogen-bond donors (Lipinski definition) is 0. The fraction of sp³-hybridized carbons (Fsp3) is 0.571. The van der Waals surface area contributed by atoms with E-state index in [1.54, 1.807) is 6.20 Å². The Bertz CT molecular complexity index is 581. The van der Waals surface area contributed by atoms with Gasteiger partial charge in [-0.25, -0.2) is 4.98 Å². The van der Waals surface area contributed by atoms with Gasteiger partial charge in [-0.05, 0) is 36.0 Å². The van der Waals surface area contributed by atoms with Crippen molar-refractivity contribution in [3.05, 3.63) is 28.7 Å². The molecule has 2 aromatic rings. The summed E-state index contributed by atoms with van der Waals surface area (Å²) in [6.07, 6.45) is 9.72. The SMILES string of the molecule is O=c1c2cccnc2sn1CCC1CCCCC1. The summed E-state index contributed by atoms with van der Waals surface area (Å²) >= 11 is 1.51. The van der Waals surface area contributed by atoms with E-state index in [0.717, 1.165) is 29.1 Å². The predicted molar refractivity (Wildman–Crippen MR) is 75.1 cm³/mol. The molecule has 3 rings (SSSR count). The predicted octanol–water partition coefficient (Wildman–Crippen LogP) is 3.43. The maximum Gasteiger partial charge on any atom is 0.270 e. The molecule has 0 spiro atoms. The van der Waals surface area contributed by atoms with Crippen LogP contribution in [0.4, 0.5) is 0 Å². The summed E-state index contributed by atoms with van der Waals surface area (Å²) < 4.78 is 1.88. The lowest BCUT2D eigenvalue weighted by atomic mass is 9.87. The summed E-state index contributed by atoms with van der Waals surface area (Å²) in [4.78, 5) is 17.3. The molecule has 2 heterocycles. The monoisotopic (exact) mass is 262 g/mol. The van der Waals surface area contributed by atoms with Crippen LogP contribution in [0, 0.1) is 5.92 Å². The summed E-state index contributed by atoms with van der Waals surface area (Å²) in [5.74, 6) is 0.823. The van der Waals surface area contributed by atoms with Crippen molar-refractivity contribution in [1.82, 2.24) is 8.94 Å². The third-order valence-electron chi connectivity index (χ3n) is 3.89. The number of rotatable bonds is 3. The molecule has 0 aromatic carbocycles. The van der Waals surface area contributed by atoms with Crippen LogP contribution in [0.15, 0.2) is 23.1 Å². The first-order valence-corrected chi connectivity index (χ1v) is 7.57. The molecule has 0 unspecified atom stereocenters. The summed E-state index contributed by atoms with van der Waals surface area (Å²) in [5, 5.41) is 0.770. The van der Waals surface area contributed by atoms with Crippen LogP contribution in [0.25, 0.3) is 10.2 Å². The van der Waals surface area contributed by atoms with Crippen LogP contribution in [0.3, 0.4) is 0 Å². The highest BCUT2D eigenvalue weighted by molar-refractivity contribution is 7.13. The lowest BCUT2D eigenvalue weighted by Gasteiger charge is -2.21. The van der Waals surface area contributed by atoms with Gasteiger partial charge in [-0.1, -0.05) is 32.1 Å². The van der Waals surface area contributed by atoms with Crippen LogP contribution in [0.5, 0.6) is 0 Å². The number of aryl methyl sites for hydroxylation is 1. The fourth-order valence-corrected chi connectivity index (χ4v) is 3.78.